The molecule has 2 saturated heterocycles. The number of hydrogen-bond donors (Lipinski definition) is 2. The molecule has 2 atom stereocenters. The van der Waals surface area contributed by atoms with Crippen molar-refractivity contribution in [1.29, 1.82) is 0 Å². The number of H-pyrrole nitrogens is 1. The van der Waals surface area contributed by atoms with Gasteiger partial charge in [0.2, 0.25) is 0 Å². The molecule has 0 aliphatic carbocycles. The second-order valence-electron chi connectivity index (χ2n) is 5.22. The number of imidazole rings is 1. The van der Waals surface area contributed by atoms with Crippen molar-refractivity contribution >= 4 is 0 Å². The van der Waals surface area contributed by atoms with Crippen LogP contribution in [-0.4, -0.2) is 34.0 Å². The standard InChI is InChI=1S/C12H20N4/c1-16-10-2-3-11(16)5-8(4-10)12-14-7-9(6-13)15-12/h7-8,10-11H,2-6,13H2,1H3,(H,14,15). The van der Waals surface area contributed by atoms with E-state index in [0.29, 0.717) is 12.5 Å². The van der Waals surface area contributed by atoms with E-state index in [-0.39, 0.29) is 0 Å². The van der Waals surface area contributed by atoms with E-state index in [1.165, 1.54) is 25.7 Å². The highest BCUT2D eigenvalue weighted by Crippen LogP contribution is 2.41. The molecule has 4 nitrogen and oxygen atoms in total. The van der Waals surface area contributed by atoms with Gasteiger partial charge < -0.3 is 15.6 Å². The Morgan fingerprint density at radius 2 is 2.12 bits per heavy atom. The molecular weight excluding hydrogens is 200 g/mol. The van der Waals surface area contributed by atoms with Crippen LogP contribution in [0.25, 0.3) is 0 Å². The molecule has 2 aliphatic heterocycles. The third-order valence-electron chi connectivity index (χ3n) is 4.35. The van der Waals surface area contributed by atoms with Crippen LogP contribution in [0.5, 0.6) is 0 Å². The van der Waals surface area contributed by atoms with Gasteiger partial charge in [-0.05, 0) is 32.7 Å². The van der Waals surface area contributed by atoms with Crippen LogP contribution in [-0.2, 0) is 6.54 Å². The summed E-state index contributed by atoms with van der Waals surface area (Å²) < 4.78 is 0. The normalized spacial score (nSPS) is 34.5. The zero-order valence-corrected chi connectivity index (χ0v) is 9.82. The summed E-state index contributed by atoms with van der Waals surface area (Å²) >= 11 is 0. The lowest BCUT2D eigenvalue weighted by Crippen LogP contribution is -2.39. The van der Waals surface area contributed by atoms with Crippen LogP contribution in [0, 0.1) is 0 Å². The molecule has 2 bridgehead atoms. The lowest BCUT2D eigenvalue weighted by atomic mass is 9.90. The maximum Gasteiger partial charge on any atom is 0.109 e. The number of aromatic amines is 1. The van der Waals surface area contributed by atoms with Gasteiger partial charge in [0.05, 0.1) is 0 Å². The van der Waals surface area contributed by atoms with E-state index in [1.54, 1.807) is 0 Å². The Hall–Kier alpha value is -0.870. The molecule has 0 radical (unpaired) electrons. The zero-order valence-electron chi connectivity index (χ0n) is 9.82. The van der Waals surface area contributed by atoms with Gasteiger partial charge in [-0.3, -0.25) is 0 Å². The van der Waals surface area contributed by atoms with E-state index in [0.717, 1.165) is 23.6 Å². The fraction of sp³-hybridized carbons (Fsp3) is 0.750. The van der Waals surface area contributed by atoms with Gasteiger partial charge in [-0.25, -0.2) is 4.98 Å². The SMILES string of the molecule is CN1C2CCC1CC(c1ncc(CN)[nH]1)C2. The molecule has 2 aliphatic rings. The molecule has 0 saturated carbocycles. The van der Waals surface area contributed by atoms with Gasteiger partial charge in [-0.1, -0.05) is 0 Å². The largest absolute Gasteiger partial charge is 0.345 e. The van der Waals surface area contributed by atoms with Crippen molar-refractivity contribution in [2.75, 3.05) is 7.05 Å². The van der Waals surface area contributed by atoms with Gasteiger partial charge in [-0.2, -0.15) is 0 Å². The molecular formula is C12H20N4. The maximum atomic E-state index is 5.60. The summed E-state index contributed by atoms with van der Waals surface area (Å²) in [6.45, 7) is 0.562. The average Bonchev–Trinajstić information content (AvgIpc) is 2.82. The van der Waals surface area contributed by atoms with Gasteiger partial charge in [0.25, 0.3) is 0 Å². The second-order valence-corrected chi connectivity index (χ2v) is 5.22. The zero-order chi connectivity index (χ0) is 11.1. The minimum Gasteiger partial charge on any atom is -0.345 e. The Balaban J connectivity index is 1.77. The van der Waals surface area contributed by atoms with Gasteiger partial charge >= 0.3 is 0 Å². The highest BCUT2D eigenvalue weighted by atomic mass is 15.2. The number of nitrogens with one attached hydrogen (secondary N) is 1. The first-order chi connectivity index (χ1) is 7.78. The molecule has 1 aromatic heterocycles. The van der Waals surface area contributed by atoms with E-state index in [4.69, 9.17) is 5.73 Å². The first-order valence-electron chi connectivity index (χ1n) is 6.23. The predicted molar refractivity (Wildman–Crippen MR) is 63.0 cm³/mol. The summed E-state index contributed by atoms with van der Waals surface area (Å²) in [6, 6.07) is 1.55. The Morgan fingerprint density at radius 1 is 1.44 bits per heavy atom. The van der Waals surface area contributed by atoms with Gasteiger partial charge in [0, 0.05) is 36.4 Å². The smallest absolute Gasteiger partial charge is 0.109 e. The van der Waals surface area contributed by atoms with Crippen molar-refractivity contribution in [2.45, 2.75) is 50.2 Å². The van der Waals surface area contributed by atoms with E-state index in [1.807, 2.05) is 6.20 Å². The lowest BCUT2D eigenvalue weighted by Gasteiger charge is -2.35. The minimum absolute atomic E-state index is 0.562. The molecule has 3 heterocycles. The van der Waals surface area contributed by atoms with Gasteiger partial charge in [0.1, 0.15) is 5.82 Å². The third kappa shape index (κ3) is 1.57. The number of rotatable bonds is 2. The lowest BCUT2D eigenvalue weighted by molar-refractivity contribution is 0.159. The van der Waals surface area contributed by atoms with Crippen molar-refractivity contribution in [3.8, 4) is 0 Å². The molecule has 1 aromatic rings. The van der Waals surface area contributed by atoms with Crippen molar-refractivity contribution in [3.05, 3.63) is 17.7 Å². The average molecular weight is 220 g/mol. The highest BCUT2D eigenvalue weighted by molar-refractivity contribution is 5.10. The topological polar surface area (TPSA) is 57.9 Å². The third-order valence-corrected chi connectivity index (χ3v) is 4.35. The summed E-state index contributed by atoms with van der Waals surface area (Å²) in [5, 5.41) is 0. The van der Waals surface area contributed by atoms with Crippen molar-refractivity contribution in [3.63, 3.8) is 0 Å². The number of nitrogens with two attached hydrogens (primary N) is 1. The fourth-order valence-corrected chi connectivity index (χ4v) is 3.32. The summed E-state index contributed by atoms with van der Waals surface area (Å²) in [5.41, 5.74) is 6.66. The summed E-state index contributed by atoms with van der Waals surface area (Å²) in [4.78, 5) is 10.4. The summed E-state index contributed by atoms with van der Waals surface area (Å²) in [5.74, 6) is 1.78. The van der Waals surface area contributed by atoms with Crippen LogP contribution in [0.15, 0.2) is 6.20 Å². The molecule has 0 aromatic carbocycles. The Morgan fingerprint density at radius 3 is 2.69 bits per heavy atom. The molecule has 16 heavy (non-hydrogen) atoms. The molecule has 3 rings (SSSR count). The van der Waals surface area contributed by atoms with Gasteiger partial charge in [-0.15, -0.1) is 0 Å². The van der Waals surface area contributed by atoms with Gasteiger partial charge in [0.15, 0.2) is 0 Å². The van der Waals surface area contributed by atoms with Crippen LogP contribution in [0.3, 0.4) is 0 Å². The fourth-order valence-electron chi connectivity index (χ4n) is 3.32. The Labute approximate surface area is 96.2 Å². The predicted octanol–water partition coefficient (Wildman–Crippen LogP) is 1.21. The first-order valence-corrected chi connectivity index (χ1v) is 6.23. The van der Waals surface area contributed by atoms with Crippen molar-refractivity contribution in [2.24, 2.45) is 5.73 Å². The Kier molecular flexibility index (Phi) is 2.48. The van der Waals surface area contributed by atoms with E-state index in [2.05, 4.69) is 21.9 Å². The van der Waals surface area contributed by atoms with Crippen LogP contribution < -0.4 is 5.73 Å². The molecule has 0 spiro atoms. The number of piperidine rings is 1. The number of aromatic nitrogens is 2. The van der Waals surface area contributed by atoms with E-state index >= 15 is 0 Å². The van der Waals surface area contributed by atoms with Crippen LogP contribution in [0.2, 0.25) is 0 Å². The Bertz CT molecular complexity index is 359. The molecule has 88 valence electrons. The van der Waals surface area contributed by atoms with Crippen LogP contribution >= 0.6 is 0 Å². The monoisotopic (exact) mass is 220 g/mol. The quantitative estimate of drug-likeness (QED) is 0.787. The number of nitrogens with zero attached hydrogens (tertiary/aromatic N) is 2. The van der Waals surface area contributed by atoms with Crippen LogP contribution in [0.4, 0.5) is 0 Å². The number of fused-ring (bicyclic) bond motifs is 2. The highest BCUT2D eigenvalue weighted by Gasteiger charge is 2.39. The molecule has 0 amide bonds. The van der Waals surface area contributed by atoms with Crippen molar-refractivity contribution in [1.82, 2.24) is 14.9 Å². The molecule has 3 N–H and O–H groups in total. The minimum atomic E-state index is 0.562. The number of hydrogen-bond acceptors (Lipinski definition) is 3. The molecule has 4 heteroatoms. The van der Waals surface area contributed by atoms with E-state index in [9.17, 15) is 0 Å². The maximum absolute atomic E-state index is 5.60. The molecule has 2 unspecified atom stereocenters. The molecule has 2 fully saturated rings. The van der Waals surface area contributed by atoms with E-state index < -0.39 is 0 Å². The summed E-state index contributed by atoms with van der Waals surface area (Å²) in [7, 11) is 2.27. The van der Waals surface area contributed by atoms with Crippen molar-refractivity contribution < 1.29 is 0 Å². The van der Waals surface area contributed by atoms with Crippen LogP contribution in [0.1, 0.15) is 43.1 Å². The summed E-state index contributed by atoms with van der Waals surface area (Å²) in [6.07, 6.45) is 7.12. The second kappa shape index (κ2) is 3.86. The first kappa shape index (κ1) is 10.3.